The van der Waals surface area contributed by atoms with E-state index in [0.29, 0.717) is 5.56 Å². The largest absolute Gasteiger partial charge is 0.494 e. The standard InChI is InChI=1S/C27H40O3/c1-2-3-4-5-6-7-8-9-10-11-12-13-14-15-20-30-26-19-18-23-21-25(27(28)29)17-16-24(23)22-26/h16-19,21-22H,2-15,20H2,1H3,(H,28,29). The number of carboxylic acid groups (broad SMARTS) is 1. The zero-order valence-electron chi connectivity index (χ0n) is 18.8. The zero-order chi connectivity index (χ0) is 21.4. The van der Waals surface area contributed by atoms with Crippen LogP contribution in [0.15, 0.2) is 36.4 Å². The highest BCUT2D eigenvalue weighted by atomic mass is 16.5. The van der Waals surface area contributed by atoms with Gasteiger partial charge in [-0.2, -0.15) is 0 Å². The number of fused-ring (bicyclic) bond motifs is 1. The maximum atomic E-state index is 11.1. The molecule has 0 saturated heterocycles. The Morgan fingerprint density at radius 3 is 1.77 bits per heavy atom. The molecule has 0 radical (unpaired) electrons. The molecule has 0 aliphatic rings. The van der Waals surface area contributed by atoms with E-state index >= 15 is 0 Å². The number of aromatic carboxylic acids is 1. The van der Waals surface area contributed by atoms with Crippen LogP contribution in [0.4, 0.5) is 0 Å². The summed E-state index contributed by atoms with van der Waals surface area (Å²) in [5.41, 5.74) is 0.318. The molecule has 2 rings (SSSR count). The van der Waals surface area contributed by atoms with Crippen LogP contribution in [-0.4, -0.2) is 17.7 Å². The van der Waals surface area contributed by atoms with Gasteiger partial charge in [0, 0.05) is 0 Å². The fourth-order valence-corrected chi connectivity index (χ4v) is 3.93. The molecule has 0 aliphatic carbocycles. The molecule has 0 atom stereocenters. The van der Waals surface area contributed by atoms with E-state index in [-0.39, 0.29) is 0 Å². The predicted molar refractivity (Wildman–Crippen MR) is 127 cm³/mol. The highest BCUT2D eigenvalue weighted by Gasteiger charge is 2.04. The van der Waals surface area contributed by atoms with Crippen molar-refractivity contribution in [2.75, 3.05) is 6.61 Å². The summed E-state index contributed by atoms with van der Waals surface area (Å²) in [7, 11) is 0. The Hall–Kier alpha value is -2.03. The molecule has 3 heteroatoms. The van der Waals surface area contributed by atoms with E-state index in [4.69, 9.17) is 9.84 Å². The minimum atomic E-state index is -0.893. The molecule has 2 aromatic carbocycles. The van der Waals surface area contributed by atoms with Gasteiger partial charge < -0.3 is 9.84 Å². The van der Waals surface area contributed by atoms with Gasteiger partial charge in [-0.3, -0.25) is 0 Å². The average Bonchev–Trinajstić information content (AvgIpc) is 2.76. The van der Waals surface area contributed by atoms with E-state index in [1.165, 1.54) is 83.5 Å². The number of carbonyl (C=O) groups is 1. The van der Waals surface area contributed by atoms with Crippen LogP contribution in [0.25, 0.3) is 10.8 Å². The van der Waals surface area contributed by atoms with Gasteiger partial charge in [0.1, 0.15) is 5.75 Å². The molecule has 0 spiro atoms. The topological polar surface area (TPSA) is 46.5 Å². The van der Waals surface area contributed by atoms with Gasteiger partial charge in [0.05, 0.1) is 12.2 Å². The van der Waals surface area contributed by atoms with Crippen molar-refractivity contribution < 1.29 is 14.6 Å². The molecule has 0 bridgehead atoms. The molecule has 0 aliphatic heterocycles. The number of rotatable bonds is 17. The van der Waals surface area contributed by atoms with E-state index in [2.05, 4.69) is 6.92 Å². The van der Waals surface area contributed by atoms with Crippen molar-refractivity contribution in [3.63, 3.8) is 0 Å². The van der Waals surface area contributed by atoms with Gasteiger partial charge in [0.25, 0.3) is 0 Å². The molecule has 0 saturated carbocycles. The molecule has 0 heterocycles. The van der Waals surface area contributed by atoms with Crippen LogP contribution >= 0.6 is 0 Å². The van der Waals surface area contributed by atoms with Gasteiger partial charge in [0.15, 0.2) is 0 Å². The first kappa shape index (κ1) is 24.2. The summed E-state index contributed by atoms with van der Waals surface area (Å²) in [6.45, 7) is 3.02. The fourth-order valence-electron chi connectivity index (χ4n) is 3.93. The molecular weight excluding hydrogens is 372 g/mol. The normalized spacial score (nSPS) is 11.1. The quantitative estimate of drug-likeness (QED) is 0.265. The second kappa shape index (κ2) is 14.9. The molecule has 30 heavy (non-hydrogen) atoms. The summed E-state index contributed by atoms with van der Waals surface area (Å²) in [6, 6.07) is 11.0. The Morgan fingerprint density at radius 2 is 1.20 bits per heavy atom. The fraction of sp³-hybridized carbons (Fsp3) is 0.593. The van der Waals surface area contributed by atoms with Crippen molar-refractivity contribution in [3.05, 3.63) is 42.0 Å². The number of carboxylic acids is 1. The van der Waals surface area contributed by atoms with Crippen LogP contribution in [0.2, 0.25) is 0 Å². The second-order valence-electron chi connectivity index (χ2n) is 8.47. The summed E-state index contributed by atoms with van der Waals surface area (Å²) in [5.74, 6) is -0.0321. The molecule has 0 unspecified atom stereocenters. The molecule has 2 aromatic rings. The van der Waals surface area contributed by atoms with Crippen molar-refractivity contribution in [2.45, 2.75) is 96.8 Å². The van der Waals surface area contributed by atoms with E-state index in [1.807, 2.05) is 24.3 Å². The van der Waals surface area contributed by atoms with Crippen LogP contribution in [0.5, 0.6) is 5.75 Å². The lowest BCUT2D eigenvalue weighted by Crippen LogP contribution is -1.98. The molecule has 3 nitrogen and oxygen atoms in total. The molecule has 0 fully saturated rings. The van der Waals surface area contributed by atoms with Gasteiger partial charge in [0.2, 0.25) is 0 Å². The van der Waals surface area contributed by atoms with Gasteiger partial charge >= 0.3 is 5.97 Å². The highest BCUT2D eigenvalue weighted by Crippen LogP contribution is 2.22. The lowest BCUT2D eigenvalue weighted by molar-refractivity contribution is 0.0697. The van der Waals surface area contributed by atoms with Gasteiger partial charge in [-0.25, -0.2) is 4.79 Å². The smallest absolute Gasteiger partial charge is 0.335 e. The van der Waals surface area contributed by atoms with Crippen LogP contribution in [0.1, 0.15) is 107 Å². The first-order valence-corrected chi connectivity index (χ1v) is 12.1. The van der Waals surface area contributed by atoms with Crippen LogP contribution in [0.3, 0.4) is 0 Å². The number of hydrogen-bond donors (Lipinski definition) is 1. The van der Waals surface area contributed by atoms with Gasteiger partial charge in [-0.15, -0.1) is 0 Å². The third kappa shape index (κ3) is 9.65. The van der Waals surface area contributed by atoms with E-state index < -0.39 is 5.97 Å². The van der Waals surface area contributed by atoms with Crippen molar-refractivity contribution in [3.8, 4) is 5.75 Å². The Morgan fingerprint density at radius 1 is 0.700 bits per heavy atom. The number of benzene rings is 2. The number of hydrogen-bond acceptors (Lipinski definition) is 2. The third-order valence-corrected chi connectivity index (χ3v) is 5.83. The van der Waals surface area contributed by atoms with Crippen molar-refractivity contribution in [1.29, 1.82) is 0 Å². The Balaban J connectivity index is 1.46. The minimum Gasteiger partial charge on any atom is -0.494 e. The summed E-state index contributed by atoms with van der Waals surface area (Å²) >= 11 is 0. The first-order valence-electron chi connectivity index (χ1n) is 12.1. The molecule has 166 valence electrons. The molecule has 0 amide bonds. The second-order valence-corrected chi connectivity index (χ2v) is 8.47. The molecule has 1 N–H and O–H groups in total. The van der Waals surface area contributed by atoms with Crippen LogP contribution in [-0.2, 0) is 0 Å². The molecular formula is C27H40O3. The van der Waals surface area contributed by atoms with E-state index in [1.54, 1.807) is 12.1 Å². The lowest BCUT2D eigenvalue weighted by Gasteiger charge is -2.08. The van der Waals surface area contributed by atoms with Crippen molar-refractivity contribution >= 4 is 16.7 Å². The van der Waals surface area contributed by atoms with Crippen LogP contribution in [0, 0.1) is 0 Å². The SMILES string of the molecule is CCCCCCCCCCCCCCCCOc1ccc2cc(C(=O)O)ccc2c1. The summed E-state index contributed by atoms with van der Waals surface area (Å²) in [4.78, 5) is 11.1. The number of ether oxygens (including phenoxy) is 1. The highest BCUT2D eigenvalue weighted by molar-refractivity contribution is 5.94. The number of unbranched alkanes of at least 4 members (excludes halogenated alkanes) is 13. The van der Waals surface area contributed by atoms with Gasteiger partial charge in [-0.05, 0) is 41.5 Å². The Labute approximate surface area is 182 Å². The van der Waals surface area contributed by atoms with Gasteiger partial charge in [-0.1, -0.05) is 103 Å². The monoisotopic (exact) mass is 412 g/mol. The lowest BCUT2D eigenvalue weighted by atomic mass is 10.0. The molecule has 0 aromatic heterocycles. The van der Waals surface area contributed by atoms with Crippen LogP contribution < -0.4 is 4.74 Å². The Bertz CT molecular complexity index is 738. The average molecular weight is 413 g/mol. The van der Waals surface area contributed by atoms with E-state index in [9.17, 15) is 4.79 Å². The summed E-state index contributed by atoms with van der Waals surface area (Å²) in [6.07, 6.45) is 19.0. The van der Waals surface area contributed by atoms with E-state index in [0.717, 1.165) is 29.5 Å². The Kier molecular flexibility index (Phi) is 12.0. The summed E-state index contributed by atoms with van der Waals surface area (Å²) in [5, 5.41) is 11.0. The van der Waals surface area contributed by atoms with Crippen molar-refractivity contribution in [1.82, 2.24) is 0 Å². The van der Waals surface area contributed by atoms with Crippen molar-refractivity contribution in [2.24, 2.45) is 0 Å². The zero-order valence-corrected chi connectivity index (χ0v) is 18.8. The third-order valence-electron chi connectivity index (χ3n) is 5.83. The summed E-state index contributed by atoms with van der Waals surface area (Å²) < 4.78 is 5.88. The maximum Gasteiger partial charge on any atom is 0.335 e. The first-order chi connectivity index (χ1) is 14.7. The maximum absolute atomic E-state index is 11.1. The predicted octanol–water partition coefficient (Wildman–Crippen LogP) is 8.40. The minimum absolute atomic E-state index is 0.318.